The Hall–Kier alpha value is -2.13. The highest BCUT2D eigenvalue weighted by Crippen LogP contribution is 2.30. The largest absolute Gasteiger partial charge is 0.416 e. The third-order valence-electron chi connectivity index (χ3n) is 4.36. The average molecular weight is 401 g/mol. The first-order valence-corrected chi connectivity index (χ1v) is 9.38. The monoisotopic (exact) mass is 401 g/mol. The summed E-state index contributed by atoms with van der Waals surface area (Å²) in [6.07, 6.45) is -3.01. The molecule has 1 heterocycles. The maximum Gasteiger partial charge on any atom is 0.416 e. The Morgan fingerprint density at radius 2 is 1.79 bits per heavy atom. The van der Waals surface area contributed by atoms with Crippen LogP contribution in [0.1, 0.15) is 31.2 Å². The van der Waals surface area contributed by atoms with Crippen LogP contribution in [0.3, 0.4) is 0 Å². The number of nitrogens with one attached hydrogen (secondary N) is 2. The molecule has 0 aliphatic carbocycles. The summed E-state index contributed by atoms with van der Waals surface area (Å²) in [7, 11) is 0. The van der Waals surface area contributed by atoms with E-state index in [1.807, 2.05) is 0 Å². The number of amides is 2. The quantitative estimate of drug-likeness (QED) is 0.624. The Bertz CT molecular complexity index is 647. The molecule has 156 valence electrons. The number of anilines is 1. The first-order valence-electron chi connectivity index (χ1n) is 9.38. The summed E-state index contributed by atoms with van der Waals surface area (Å²) in [5.41, 5.74) is -0.728. The zero-order valence-electron chi connectivity index (χ0n) is 15.7. The third-order valence-corrected chi connectivity index (χ3v) is 4.36. The second-order valence-corrected chi connectivity index (χ2v) is 6.64. The van der Waals surface area contributed by atoms with Crippen molar-refractivity contribution in [3.63, 3.8) is 0 Å². The van der Waals surface area contributed by atoms with Crippen molar-refractivity contribution in [3.05, 3.63) is 29.8 Å². The molecular weight excluding hydrogens is 375 g/mol. The summed E-state index contributed by atoms with van der Waals surface area (Å²) in [6.45, 7) is 4.80. The van der Waals surface area contributed by atoms with Gasteiger partial charge in [-0.15, -0.1) is 0 Å². The van der Waals surface area contributed by atoms with Crippen LogP contribution in [-0.4, -0.2) is 56.1 Å². The fourth-order valence-corrected chi connectivity index (χ4v) is 2.85. The van der Waals surface area contributed by atoms with Crippen LogP contribution in [0.25, 0.3) is 0 Å². The van der Waals surface area contributed by atoms with Crippen molar-refractivity contribution in [1.82, 2.24) is 10.2 Å². The van der Waals surface area contributed by atoms with Gasteiger partial charge in [0.1, 0.15) is 0 Å². The van der Waals surface area contributed by atoms with E-state index in [-0.39, 0.29) is 24.4 Å². The van der Waals surface area contributed by atoms with Crippen molar-refractivity contribution in [1.29, 1.82) is 0 Å². The van der Waals surface area contributed by atoms with Crippen molar-refractivity contribution in [2.24, 2.45) is 0 Å². The van der Waals surface area contributed by atoms with Gasteiger partial charge in [-0.1, -0.05) is 6.07 Å². The van der Waals surface area contributed by atoms with E-state index in [4.69, 9.17) is 4.74 Å². The molecule has 1 saturated heterocycles. The molecule has 0 spiro atoms. The second kappa shape index (κ2) is 11.0. The lowest BCUT2D eigenvalue weighted by Crippen LogP contribution is -2.38. The normalized spacial score (nSPS) is 15.2. The van der Waals surface area contributed by atoms with Gasteiger partial charge in [-0.25, -0.2) is 0 Å². The van der Waals surface area contributed by atoms with E-state index >= 15 is 0 Å². The molecule has 1 aliphatic heterocycles. The molecule has 6 nitrogen and oxygen atoms in total. The predicted molar refractivity (Wildman–Crippen MR) is 98.8 cm³/mol. The number of nitrogens with zero attached hydrogens (tertiary/aromatic N) is 1. The lowest BCUT2D eigenvalue weighted by Gasteiger charge is -2.26. The smallest absolute Gasteiger partial charge is 0.379 e. The van der Waals surface area contributed by atoms with E-state index in [0.717, 1.165) is 51.4 Å². The highest BCUT2D eigenvalue weighted by atomic mass is 19.4. The number of benzene rings is 1. The van der Waals surface area contributed by atoms with Crippen LogP contribution < -0.4 is 10.6 Å². The van der Waals surface area contributed by atoms with Crippen molar-refractivity contribution in [2.45, 2.75) is 31.9 Å². The SMILES string of the molecule is O=C(CCCC(=O)Nc1cccc(C(F)(F)F)c1)NCCCN1CCOCC1. The standard InChI is InChI=1S/C19H26F3N3O3/c20-19(21,22)15-4-1-5-16(14-15)24-18(27)7-2-6-17(26)23-8-3-9-25-10-12-28-13-11-25/h1,4-5,14H,2-3,6-13H2,(H,23,26)(H,24,27). The lowest BCUT2D eigenvalue weighted by atomic mass is 10.2. The van der Waals surface area contributed by atoms with E-state index in [0.29, 0.717) is 13.0 Å². The molecule has 1 aromatic rings. The van der Waals surface area contributed by atoms with E-state index < -0.39 is 17.6 Å². The Morgan fingerprint density at radius 3 is 2.50 bits per heavy atom. The van der Waals surface area contributed by atoms with E-state index in [1.165, 1.54) is 12.1 Å². The molecule has 2 N–H and O–H groups in total. The molecule has 1 fully saturated rings. The lowest BCUT2D eigenvalue weighted by molar-refractivity contribution is -0.137. The molecule has 2 rings (SSSR count). The molecule has 0 aromatic heterocycles. The number of ether oxygens (including phenoxy) is 1. The van der Waals surface area contributed by atoms with Gasteiger partial charge >= 0.3 is 6.18 Å². The Morgan fingerprint density at radius 1 is 1.07 bits per heavy atom. The van der Waals surface area contributed by atoms with Gasteiger partial charge in [0.15, 0.2) is 0 Å². The van der Waals surface area contributed by atoms with Gasteiger partial charge < -0.3 is 15.4 Å². The number of rotatable bonds is 9. The van der Waals surface area contributed by atoms with Crippen LogP contribution in [0.5, 0.6) is 0 Å². The van der Waals surface area contributed by atoms with E-state index in [9.17, 15) is 22.8 Å². The van der Waals surface area contributed by atoms with Gasteiger partial charge in [-0.3, -0.25) is 14.5 Å². The number of alkyl halides is 3. The Kier molecular flexibility index (Phi) is 8.72. The predicted octanol–water partition coefficient (Wildman–Crippen LogP) is 2.65. The third kappa shape index (κ3) is 8.26. The van der Waals surface area contributed by atoms with Crippen molar-refractivity contribution >= 4 is 17.5 Å². The molecule has 28 heavy (non-hydrogen) atoms. The minimum absolute atomic E-state index is 0.0669. The molecule has 0 atom stereocenters. The maximum absolute atomic E-state index is 12.7. The molecule has 1 aromatic carbocycles. The van der Waals surface area contributed by atoms with Gasteiger partial charge in [0, 0.05) is 38.2 Å². The highest BCUT2D eigenvalue weighted by molar-refractivity contribution is 5.91. The minimum atomic E-state index is -4.46. The summed E-state index contributed by atoms with van der Waals surface area (Å²) < 4.78 is 43.3. The van der Waals surface area contributed by atoms with Gasteiger partial charge in [0.05, 0.1) is 18.8 Å². The number of morpholine rings is 1. The fourth-order valence-electron chi connectivity index (χ4n) is 2.85. The zero-order chi connectivity index (χ0) is 20.4. The summed E-state index contributed by atoms with van der Waals surface area (Å²) >= 11 is 0. The first-order chi connectivity index (χ1) is 13.3. The molecule has 0 unspecified atom stereocenters. The number of halogens is 3. The first kappa shape index (κ1) is 22.2. The number of hydrogen-bond acceptors (Lipinski definition) is 4. The zero-order valence-corrected chi connectivity index (χ0v) is 15.7. The number of hydrogen-bond donors (Lipinski definition) is 2. The van der Waals surface area contributed by atoms with E-state index in [2.05, 4.69) is 15.5 Å². The van der Waals surface area contributed by atoms with Crippen molar-refractivity contribution < 1.29 is 27.5 Å². The van der Waals surface area contributed by atoms with Crippen molar-refractivity contribution in [3.8, 4) is 0 Å². The van der Waals surface area contributed by atoms with Gasteiger partial charge in [-0.2, -0.15) is 13.2 Å². The molecular formula is C19H26F3N3O3. The van der Waals surface area contributed by atoms with Crippen LogP contribution in [0, 0.1) is 0 Å². The molecule has 2 amide bonds. The molecule has 0 radical (unpaired) electrons. The summed E-state index contributed by atoms with van der Waals surface area (Å²) in [6, 6.07) is 4.47. The molecule has 0 bridgehead atoms. The van der Waals surface area contributed by atoms with Crippen molar-refractivity contribution in [2.75, 3.05) is 44.7 Å². The molecule has 1 aliphatic rings. The van der Waals surface area contributed by atoms with Crippen LogP contribution in [0.2, 0.25) is 0 Å². The minimum Gasteiger partial charge on any atom is -0.379 e. The second-order valence-electron chi connectivity index (χ2n) is 6.64. The Labute approximate surface area is 162 Å². The van der Waals surface area contributed by atoms with Crippen LogP contribution >= 0.6 is 0 Å². The summed E-state index contributed by atoms with van der Waals surface area (Å²) in [4.78, 5) is 25.9. The summed E-state index contributed by atoms with van der Waals surface area (Å²) in [5.74, 6) is -0.548. The van der Waals surface area contributed by atoms with Gasteiger partial charge in [-0.05, 0) is 37.6 Å². The van der Waals surface area contributed by atoms with Gasteiger partial charge in [0.2, 0.25) is 11.8 Å². The van der Waals surface area contributed by atoms with Crippen LogP contribution in [-0.2, 0) is 20.5 Å². The van der Waals surface area contributed by atoms with Crippen LogP contribution in [0.4, 0.5) is 18.9 Å². The summed E-state index contributed by atoms with van der Waals surface area (Å²) in [5, 5.41) is 5.25. The van der Waals surface area contributed by atoms with Crippen LogP contribution in [0.15, 0.2) is 24.3 Å². The molecule has 0 saturated carbocycles. The topological polar surface area (TPSA) is 70.7 Å². The molecule has 9 heteroatoms. The average Bonchev–Trinajstić information content (AvgIpc) is 2.65. The van der Waals surface area contributed by atoms with E-state index in [1.54, 1.807) is 0 Å². The number of carbonyl (C=O) groups excluding carboxylic acids is 2. The highest BCUT2D eigenvalue weighted by Gasteiger charge is 2.30. The Balaban J connectivity index is 1.58. The van der Waals surface area contributed by atoms with Gasteiger partial charge in [0.25, 0.3) is 0 Å². The maximum atomic E-state index is 12.7. The fraction of sp³-hybridized carbons (Fsp3) is 0.579. The number of carbonyl (C=O) groups is 2.